The van der Waals surface area contributed by atoms with Crippen molar-refractivity contribution < 1.29 is 0 Å². The molecule has 0 aliphatic carbocycles. The van der Waals surface area contributed by atoms with Crippen LogP contribution in [0.4, 0.5) is 10.8 Å². The van der Waals surface area contributed by atoms with Gasteiger partial charge in [0, 0.05) is 43.6 Å². The topological polar surface area (TPSA) is 53.7 Å². The van der Waals surface area contributed by atoms with Gasteiger partial charge in [-0.05, 0) is 31.4 Å². The van der Waals surface area contributed by atoms with E-state index in [0.29, 0.717) is 11.0 Å². The number of anilines is 2. The van der Waals surface area contributed by atoms with E-state index in [1.807, 2.05) is 13.0 Å². The van der Waals surface area contributed by atoms with Crippen molar-refractivity contribution in [1.29, 1.82) is 0 Å². The second-order valence-corrected chi connectivity index (χ2v) is 7.64. The van der Waals surface area contributed by atoms with Crippen LogP contribution in [-0.2, 0) is 6.42 Å². The maximum atomic E-state index is 12.2. The number of likely N-dealkylation sites (N-methyl/N-ethyl adjacent to an activating group) is 1. The molecule has 4 rings (SSSR count). The maximum absolute atomic E-state index is 12.2. The number of piperidine rings is 1. The molecule has 1 aliphatic rings. The van der Waals surface area contributed by atoms with Gasteiger partial charge in [0.1, 0.15) is 0 Å². The first-order valence-electron chi connectivity index (χ1n) is 9.08. The Morgan fingerprint density at radius 3 is 2.88 bits per heavy atom. The first kappa shape index (κ1) is 17.0. The van der Waals surface area contributed by atoms with Gasteiger partial charge in [0.25, 0.3) is 5.56 Å². The van der Waals surface area contributed by atoms with Crippen LogP contribution in [0.3, 0.4) is 0 Å². The molecule has 1 unspecified atom stereocenters. The molecule has 0 saturated carbocycles. The smallest absolute Gasteiger partial charge is 0.275 e. The third kappa shape index (κ3) is 3.19. The predicted octanol–water partition coefficient (Wildman–Crippen LogP) is 2.82. The number of hydrogen-bond donors (Lipinski definition) is 0. The highest BCUT2D eigenvalue weighted by molar-refractivity contribution is 7.20. The third-order valence-electron chi connectivity index (χ3n) is 5.02. The van der Waals surface area contributed by atoms with Gasteiger partial charge in [-0.3, -0.25) is 4.79 Å². The summed E-state index contributed by atoms with van der Waals surface area (Å²) in [5, 5.41) is 5.38. The van der Waals surface area contributed by atoms with Gasteiger partial charge >= 0.3 is 0 Å². The van der Waals surface area contributed by atoms with E-state index in [1.165, 1.54) is 21.5 Å². The van der Waals surface area contributed by atoms with Crippen LogP contribution in [-0.4, -0.2) is 40.8 Å². The van der Waals surface area contributed by atoms with E-state index in [-0.39, 0.29) is 5.56 Å². The van der Waals surface area contributed by atoms with Gasteiger partial charge in [-0.1, -0.05) is 36.5 Å². The maximum Gasteiger partial charge on any atom is 0.275 e. The molecule has 1 atom stereocenters. The lowest BCUT2D eigenvalue weighted by atomic mass is 10.0. The highest BCUT2D eigenvalue weighted by atomic mass is 32.1. The van der Waals surface area contributed by atoms with E-state index in [4.69, 9.17) is 0 Å². The van der Waals surface area contributed by atoms with Crippen LogP contribution in [0, 0.1) is 0 Å². The van der Waals surface area contributed by atoms with E-state index in [0.717, 1.165) is 43.2 Å². The Bertz CT molecular complexity index is 951. The zero-order chi connectivity index (χ0) is 18.1. The minimum Gasteiger partial charge on any atom is -0.369 e. The molecule has 3 aromatic rings. The Kier molecular flexibility index (Phi) is 4.63. The fourth-order valence-corrected chi connectivity index (χ4v) is 4.43. The molecule has 0 spiro atoms. The highest BCUT2D eigenvalue weighted by Crippen LogP contribution is 2.27. The van der Waals surface area contributed by atoms with Gasteiger partial charge in [-0.2, -0.15) is 4.52 Å². The van der Waals surface area contributed by atoms with Crippen molar-refractivity contribution in [2.75, 3.05) is 29.9 Å². The largest absolute Gasteiger partial charge is 0.369 e. The van der Waals surface area contributed by atoms with Crippen molar-refractivity contribution in [3.8, 4) is 0 Å². The van der Waals surface area contributed by atoms with Crippen LogP contribution in [0.2, 0.25) is 0 Å². The van der Waals surface area contributed by atoms with Crippen molar-refractivity contribution in [3.05, 3.63) is 52.4 Å². The van der Waals surface area contributed by atoms with Gasteiger partial charge in [0.2, 0.25) is 10.1 Å². The number of rotatable bonds is 4. The Morgan fingerprint density at radius 2 is 2.12 bits per heavy atom. The molecule has 1 aliphatic heterocycles. The van der Waals surface area contributed by atoms with E-state index >= 15 is 0 Å². The lowest BCUT2D eigenvalue weighted by Gasteiger charge is -2.38. The minimum absolute atomic E-state index is 0.0997. The van der Waals surface area contributed by atoms with E-state index in [1.54, 1.807) is 6.07 Å². The van der Waals surface area contributed by atoms with Gasteiger partial charge < -0.3 is 9.80 Å². The summed E-state index contributed by atoms with van der Waals surface area (Å²) in [6.45, 7) is 4.04. The number of nitrogens with zero attached hydrogens (tertiary/aromatic N) is 5. The molecule has 0 radical (unpaired) electrons. The molecule has 2 aromatic heterocycles. The summed E-state index contributed by atoms with van der Waals surface area (Å²) >= 11 is 1.49. The molecule has 3 heterocycles. The van der Waals surface area contributed by atoms with Gasteiger partial charge in [-0.15, -0.1) is 5.10 Å². The zero-order valence-electron chi connectivity index (χ0n) is 15.1. The molecular formula is C19H23N5OS. The monoisotopic (exact) mass is 369 g/mol. The van der Waals surface area contributed by atoms with Crippen LogP contribution < -0.4 is 15.4 Å². The van der Waals surface area contributed by atoms with Crippen molar-refractivity contribution in [3.63, 3.8) is 0 Å². The minimum atomic E-state index is -0.0997. The molecule has 0 N–H and O–H groups in total. The normalized spacial score (nSPS) is 17.6. The average molecular weight is 369 g/mol. The molecular weight excluding hydrogens is 346 g/mol. The Morgan fingerprint density at radius 1 is 1.31 bits per heavy atom. The van der Waals surface area contributed by atoms with Crippen LogP contribution in [0.15, 0.2) is 41.2 Å². The van der Waals surface area contributed by atoms with Gasteiger partial charge in [0.15, 0.2) is 0 Å². The summed E-state index contributed by atoms with van der Waals surface area (Å²) < 4.78 is 1.42. The van der Waals surface area contributed by atoms with E-state index in [2.05, 4.69) is 51.2 Å². The fraction of sp³-hybridized carbons (Fsp3) is 0.421. The summed E-state index contributed by atoms with van der Waals surface area (Å²) in [4.78, 5) is 22.1. The highest BCUT2D eigenvalue weighted by Gasteiger charge is 2.25. The second-order valence-electron chi connectivity index (χ2n) is 6.71. The van der Waals surface area contributed by atoms with Crippen LogP contribution in [0.5, 0.6) is 0 Å². The predicted molar refractivity (Wildman–Crippen MR) is 107 cm³/mol. The molecule has 136 valence electrons. The van der Waals surface area contributed by atoms with Crippen molar-refractivity contribution in [2.24, 2.45) is 0 Å². The van der Waals surface area contributed by atoms with Crippen molar-refractivity contribution >= 4 is 27.1 Å². The summed E-state index contributed by atoms with van der Waals surface area (Å²) in [6, 6.07) is 12.5. The second kappa shape index (κ2) is 7.07. The van der Waals surface area contributed by atoms with Crippen LogP contribution >= 0.6 is 11.3 Å². The van der Waals surface area contributed by atoms with E-state index in [9.17, 15) is 4.79 Å². The fourth-order valence-electron chi connectivity index (χ4n) is 3.47. The van der Waals surface area contributed by atoms with Gasteiger partial charge in [0.05, 0.1) is 0 Å². The van der Waals surface area contributed by atoms with Gasteiger partial charge in [-0.25, -0.2) is 4.98 Å². The number of para-hydroxylation sites is 1. The molecule has 6 nitrogen and oxygen atoms in total. The number of hydrogen-bond acceptors (Lipinski definition) is 6. The zero-order valence-corrected chi connectivity index (χ0v) is 15.9. The Hall–Kier alpha value is -2.41. The average Bonchev–Trinajstić information content (AvgIpc) is 3.13. The quantitative estimate of drug-likeness (QED) is 0.708. The van der Waals surface area contributed by atoms with E-state index < -0.39 is 0 Å². The molecule has 26 heavy (non-hydrogen) atoms. The van der Waals surface area contributed by atoms with Crippen molar-refractivity contribution in [1.82, 2.24) is 14.6 Å². The standard InChI is InChI=1S/C19H23N5OS/c1-3-14-12-17(25)24-18(20-14)26-19(21-24)22(2)16-10-7-11-23(13-16)15-8-5-4-6-9-15/h4-6,8-9,12,16H,3,7,10-11,13H2,1-2H3. The summed E-state index contributed by atoms with van der Waals surface area (Å²) in [5.74, 6) is 0. The molecule has 1 fully saturated rings. The molecule has 7 heteroatoms. The summed E-state index contributed by atoms with van der Waals surface area (Å²) in [5.41, 5.74) is 1.98. The number of fused-ring (bicyclic) bond motifs is 1. The third-order valence-corrected chi connectivity index (χ3v) is 6.02. The first-order valence-corrected chi connectivity index (χ1v) is 9.90. The number of aromatic nitrogens is 3. The summed E-state index contributed by atoms with van der Waals surface area (Å²) in [6.07, 6.45) is 3.02. The number of aryl methyl sites for hydroxylation is 1. The number of benzene rings is 1. The van der Waals surface area contributed by atoms with Crippen LogP contribution in [0.1, 0.15) is 25.5 Å². The Balaban J connectivity index is 1.59. The molecule has 1 aromatic carbocycles. The Labute approximate surface area is 156 Å². The lowest BCUT2D eigenvalue weighted by Crippen LogP contribution is -2.46. The van der Waals surface area contributed by atoms with Crippen LogP contribution in [0.25, 0.3) is 4.96 Å². The lowest BCUT2D eigenvalue weighted by molar-refractivity contribution is 0.486. The van der Waals surface area contributed by atoms with Crippen molar-refractivity contribution in [2.45, 2.75) is 32.2 Å². The molecule has 0 bridgehead atoms. The SMILES string of the molecule is CCc1cc(=O)n2nc(N(C)C3CCCN(c4ccccc4)C3)sc2n1. The summed E-state index contributed by atoms with van der Waals surface area (Å²) in [7, 11) is 2.07. The molecule has 0 amide bonds. The molecule has 1 saturated heterocycles. The first-order chi connectivity index (χ1) is 12.7.